The lowest BCUT2D eigenvalue weighted by molar-refractivity contribution is -0.138. The summed E-state index contributed by atoms with van der Waals surface area (Å²) in [6, 6.07) is 3.06. The first kappa shape index (κ1) is 14.0. The summed E-state index contributed by atoms with van der Waals surface area (Å²) >= 11 is 5.80. The number of amides is 1. The molecule has 1 unspecified atom stereocenters. The average molecular weight is 266 g/mol. The number of carboxylic acid groups (broad SMARTS) is 1. The smallest absolute Gasteiger partial charge is 0.327 e. The molecule has 1 aromatic carbocycles. The summed E-state index contributed by atoms with van der Waals surface area (Å²) in [5.74, 6) is 0.305. The summed E-state index contributed by atoms with van der Waals surface area (Å²) in [5.41, 5.74) is 5.76. The van der Waals surface area contributed by atoms with Crippen molar-refractivity contribution >= 4 is 23.5 Å². The van der Waals surface area contributed by atoms with E-state index in [1.165, 1.54) is 18.2 Å². The number of nitrogens with two attached hydrogens (primary N) is 1. The van der Waals surface area contributed by atoms with Crippen molar-refractivity contribution in [1.29, 1.82) is 0 Å². The van der Waals surface area contributed by atoms with Crippen LogP contribution in [0.2, 0.25) is 5.02 Å². The Morgan fingerprint density at radius 3 is 2.67 bits per heavy atom. The lowest BCUT2D eigenvalue weighted by atomic mass is 10.1. The van der Waals surface area contributed by atoms with Crippen LogP contribution in [-0.4, -0.2) is 29.6 Å². The maximum atomic E-state index is 11.7. The van der Waals surface area contributed by atoms with Gasteiger partial charge in [-0.25, -0.2) is 4.79 Å². The maximum absolute atomic E-state index is 11.7. The summed E-state index contributed by atoms with van der Waals surface area (Å²) in [5, 5.41) is 11.2. The third-order valence-electron chi connectivity index (χ3n) is 2.21. The van der Waals surface area contributed by atoms with E-state index in [-0.39, 0.29) is 17.1 Å². The predicted octanol–water partition coefficient (Wildman–Crippen LogP) is 0.420. The summed E-state index contributed by atoms with van der Waals surface area (Å²) in [6.07, 6.45) is 6.93. The molecule has 93 valence electrons. The Bertz CT molecular complexity index is 523. The number of carbonyl (C=O) groups is 2. The standard InChI is InChI=1S/C12H10ClN2O3/c1-2-7-3-4-8(5-9(7)13)11(16)15-10(6-14)12(17)18/h3-5,10H,6,14H2,(H,15,16)(H,17,18). The van der Waals surface area contributed by atoms with Crippen LogP contribution in [0.5, 0.6) is 0 Å². The zero-order chi connectivity index (χ0) is 13.7. The minimum Gasteiger partial charge on any atom is -0.480 e. The van der Waals surface area contributed by atoms with Crippen LogP contribution in [-0.2, 0) is 4.79 Å². The van der Waals surface area contributed by atoms with Crippen molar-refractivity contribution in [3.05, 3.63) is 40.8 Å². The Hall–Kier alpha value is -2.03. The number of rotatable bonds is 4. The molecule has 1 aromatic rings. The number of hydrogen-bond donors (Lipinski definition) is 3. The van der Waals surface area contributed by atoms with Crippen molar-refractivity contribution in [2.24, 2.45) is 5.73 Å². The van der Waals surface area contributed by atoms with Crippen LogP contribution in [0.1, 0.15) is 15.9 Å². The molecule has 1 radical (unpaired) electrons. The third-order valence-corrected chi connectivity index (χ3v) is 2.52. The van der Waals surface area contributed by atoms with Crippen molar-refractivity contribution in [3.8, 4) is 5.92 Å². The molecule has 1 atom stereocenters. The van der Waals surface area contributed by atoms with Gasteiger partial charge in [-0.2, -0.15) is 0 Å². The van der Waals surface area contributed by atoms with E-state index in [4.69, 9.17) is 28.9 Å². The molecule has 0 bridgehead atoms. The van der Waals surface area contributed by atoms with Crippen LogP contribution in [0.25, 0.3) is 0 Å². The molecule has 0 saturated carbocycles. The molecule has 1 amide bonds. The van der Waals surface area contributed by atoms with Crippen molar-refractivity contribution in [1.82, 2.24) is 5.32 Å². The third kappa shape index (κ3) is 3.23. The minimum absolute atomic E-state index is 0.192. The number of benzene rings is 1. The van der Waals surface area contributed by atoms with Gasteiger partial charge in [0.1, 0.15) is 6.04 Å². The van der Waals surface area contributed by atoms with Crippen molar-refractivity contribution in [3.63, 3.8) is 0 Å². The molecular formula is C12H10ClN2O3. The number of hydrogen-bond acceptors (Lipinski definition) is 3. The highest BCUT2D eigenvalue weighted by Gasteiger charge is 2.19. The molecule has 0 saturated heterocycles. The van der Waals surface area contributed by atoms with Gasteiger partial charge < -0.3 is 16.2 Å². The molecule has 0 aliphatic heterocycles. The van der Waals surface area contributed by atoms with Gasteiger partial charge in [-0.1, -0.05) is 17.5 Å². The first-order valence-electron chi connectivity index (χ1n) is 4.95. The summed E-state index contributed by atoms with van der Waals surface area (Å²) in [6.45, 7) is -0.207. The van der Waals surface area contributed by atoms with E-state index in [1.807, 2.05) is 0 Å². The van der Waals surface area contributed by atoms with Gasteiger partial charge in [0.25, 0.3) is 5.91 Å². The predicted molar refractivity (Wildman–Crippen MR) is 65.6 cm³/mol. The lowest BCUT2D eigenvalue weighted by Crippen LogP contribution is -2.45. The quantitative estimate of drug-likeness (QED) is 0.688. The fourth-order valence-electron chi connectivity index (χ4n) is 1.22. The van der Waals surface area contributed by atoms with Gasteiger partial charge in [0.2, 0.25) is 0 Å². The zero-order valence-corrected chi connectivity index (χ0v) is 9.99. The number of carbonyl (C=O) groups excluding carboxylic acids is 1. The highest BCUT2D eigenvalue weighted by Crippen LogP contribution is 2.16. The first-order valence-corrected chi connectivity index (χ1v) is 5.33. The second-order valence-corrected chi connectivity index (χ2v) is 3.83. The second kappa shape index (κ2) is 6.05. The second-order valence-electron chi connectivity index (χ2n) is 3.42. The minimum atomic E-state index is -1.21. The van der Waals surface area contributed by atoms with Crippen LogP contribution >= 0.6 is 11.6 Å². The Kier molecular flexibility index (Phi) is 4.72. The first-order chi connectivity index (χ1) is 8.49. The molecule has 0 spiro atoms. The van der Waals surface area contributed by atoms with E-state index in [0.717, 1.165) is 0 Å². The Morgan fingerprint density at radius 1 is 1.56 bits per heavy atom. The van der Waals surface area contributed by atoms with E-state index in [2.05, 4.69) is 11.2 Å². The number of halogens is 1. The van der Waals surface area contributed by atoms with E-state index in [1.54, 1.807) is 0 Å². The Morgan fingerprint density at radius 2 is 2.22 bits per heavy atom. The van der Waals surface area contributed by atoms with Crippen molar-refractivity contribution < 1.29 is 14.7 Å². The summed E-state index contributed by atoms with van der Waals surface area (Å²) < 4.78 is 0. The highest BCUT2D eigenvalue weighted by molar-refractivity contribution is 6.32. The summed E-state index contributed by atoms with van der Waals surface area (Å²) in [7, 11) is 0. The molecule has 0 aliphatic carbocycles. The fraction of sp³-hybridized carbons (Fsp3) is 0.167. The van der Waals surface area contributed by atoms with Gasteiger partial charge in [-0.15, -0.1) is 0 Å². The van der Waals surface area contributed by atoms with Gasteiger partial charge in [-0.05, 0) is 24.6 Å². The largest absolute Gasteiger partial charge is 0.480 e. The molecule has 5 nitrogen and oxygen atoms in total. The fourth-order valence-corrected chi connectivity index (χ4v) is 1.45. The molecule has 0 aromatic heterocycles. The van der Waals surface area contributed by atoms with Gasteiger partial charge in [0.05, 0.1) is 5.02 Å². The van der Waals surface area contributed by atoms with Crippen molar-refractivity contribution in [2.45, 2.75) is 6.04 Å². The topological polar surface area (TPSA) is 92.4 Å². The van der Waals surface area contributed by atoms with Crippen LogP contribution in [0.3, 0.4) is 0 Å². The van der Waals surface area contributed by atoms with Gasteiger partial charge in [0.15, 0.2) is 0 Å². The molecule has 4 N–H and O–H groups in total. The number of aliphatic carboxylic acids is 1. The van der Waals surface area contributed by atoms with E-state index in [9.17, 15) is 9.59 Å². The molecule has 0 heterocycles. The normalized spacial score (nSPS) is 11.4. The van der Waals surface area contributed by atoms with Crippen LogP contribution in [0, 0.1) is 12.3 Å². The molecular weight excluding hydrogens is 256 g/mol. The van der Waals surface area contributed by atoms with E-state index >= 15 is 0 Å². The van der Waals surface area contributed by atoms with Gasteiger partial charge >= 0.3 is 5.97 Å². The SMILES string of the molecule is [C]#Cc1ccc(C(=O)NC(CN)C(=O)O)cc1Cl. The number of carboxylic acids is 1. The summed E-state index contributed by atoms with van der Waals surface area (Å²) in [4.78, 5) is 22.4. The molecule has 0 fully saturated rings. The average Bonchev–Trinajstić information content (AvgIpc) is 2.35. The van der Waals surface area contributed by atoms with Crippen LogP contribution < -0.4 is 11.1 Å². The van der Waals surface area contributed by atoms with Gasteiger partial charge in [-0.3, -0.25) is 4.79 Å². The maximum Gasteiger partial charge on any atom is 0.327 e. The van der Waals surface area contributed by atoms with Crippen LogP contribution in [0.15, 0.2) is 18.2 Å². The van der Waals surface area contributed by atoms with E-state index in [0.29, 0.717) is 5.56 Å². The monoisotopic (exact) mass is 265 g/mol. The van der Waals surface area contributed by atoms with Crippen molar-refractivity contribution in [2.75, 3.05) is 6.54 Å². The molecule has 0 aliphatic rings. The Labute approximate surface area is 109 Å². The number of nitrogens with one attached hydrogen (secondary N) is 1. The van der Waals surface area contributed by atoms with Crippen LogP contribution in [0.4, 0.5) is 0 Å². The lowest BCUT2D eigenvalue weighted by Gasteiger charge is -2.12. The molecule has 1 rings (SSSR count). The molecule has 6 heteroatoms. The van der Waals surface area contributed by atoms with Gasteiger partial charge in [0, 0.05) is 17.7 Å². The zero-order valence-electron chi connectivity index (χ0n) is 9.24. The van der Waals surface area contributed by atoms with E-state index < -0.39 is 17.9 Å². The Balaban J connectivity index is 2.89. The molecule has 18 heavy (non-hydrogen) atoms. The highest BCUT2D eigenvalue weighted by atomic mass is 35.5.